The summed E-state index contributed by atoms with van der Waals surface area (Å²) in [5.41, 5.74) is -0.361. The number of hydrogen-bond acceptors (Lipinski definition) is 4. The molecule has 1 aromatic carbocycles. The standard InChI is InChI=1S/C12H11FN2O4S/c13-11-2-1-10(5-9(11)6-14)20(18,19)15-4-3-8(7-15)12(16)17/h1-2,5,8H,3-4,7H2,(H,16,17)/t8-/m1/s1. The highest BCUT2D eigenvalue weighted by molar-refractivity contribution is 7.89. The topological polar surface area (TPSA) is 98.5 Å². The minimum absolute atomic E-state index is 0.0958. The summed E-state index contributed by atoms with van der Waals surface area (Å²) in [6.07, 6.45) is 0.237. The van der Waals surface area contributed by atoms with Crippen molar-refractivity contribution in [3.63, 3.8) is 0 Å². The third kappa shape index (κ3) is 2.50. The van der Waals surface area contributed by atoms with E-state index in [9.17, 15) is 17.6 Å². The zero-order valence-electron chi connectivity index (χ0n) is 10.3. The van der Waals surface area contributed by atoms with Crippen LogP contribution in [-0.2, 0) is 14.8 Å². The van der Waals surface area contributed by atoms with E-state index < -0.39 is 27.7 Å². The summed E-state index contributed by atoms with van der Waals surface area (Å²) in [6.45, 7) is -0.0184. The van der Waals surface area contributed by atoms with Crippen molar-refractivity contribution in [3.05, 3.63) is 29.6 Å². The van der Waals surface area contributed by atoms with Gasteiger partial charge in [-0.1, -0.05) is 0 Å². The van der Waals surface area contributed by atoms with Crippen molar-refractivity contribution in [1.82, 2.24) is 4.31 Å². The van der Waals surface area contributed by atoms with Gasteiger partial charge in [-0.3, -0.25) is 4.79 Å². The first-order chi connectivity index (χ1) is 9.36. The Morgan fingerprint density at radius 1 is 1.50 bits per heavy atom. The molecule has 20 heavy (non-hydrogen) atoms. The average Bonchev–Trinajstić information content (AvgIpc) is 2.89. The Bertz CT molecular complexity index is 696. The van der Waals surface area contributed by atoms with Crippen LogP contribution in [0, 0.1) is 23.1 Å². The van der Waals surface area contributed by atoms with Gasteiger partial charge in [-0.25, -0.2) is 12.8 Å². The summed E-state index contributed by atoms with van der Waals surface area (Å²) >= 11 is 0. The highest BCUT2D eigenvalue weighted by atomic mass is 32.2. The summed E-state index contributed by atoms with van der Waals surface area (Å²) in [5.74, 6) is -2.57. The van der Waals surface area contributed by atoms with E-state index in [2.05, 4.69) is 0 Å². The molecule has 0 aliphatic carbocycles. The number of sulfonamides is 1. The molecule has 1 N–H and O–H groups in total. The van der Waals surface area contributed by atoms with Crippen LogP contribution in [0.2, 0.25) is 0 Å². The molecule has 0 unspecified atom stereocenters. The Balaban J connectivity index is 2.33. The fraction of sp³-hybridized carbons (Fsp3) is 0.333. The minimum Gasteiger partial charge on any atom is -0.481 e. The largest absolute Gasteiger partial charge is 0.481 e. The second-order valence-electron chi connectivity index (χ2n) is 4.44. The van der Waals surface area contributed by atoms with Crippen molar-refractivity contribution in [3.8, 4) is 6.07 Å². The molecule has 1 heterocycles. The van der Waals surface area contributed by atoms with Gasteiger partial charge in [0.1, 0.15) is 11.9 Å². The number of carboxylic acids is 1. The minimum atomic E-state index is -3.90. The normalized spacial score (nSPS) is 19.7. The number of aliphatic carboxylic acids is 1. The van der Waals surface area contributed by atoms with Crippen LogP contribution in [-0.4, -0.2) is 36.9 Å². The molecule has 1 aliphatic heterocycles. The fourth-order valence-corrected chi connectivity index (χ4v) is 3.57. The SMILES string of the molecule is N#Cc1cc(S(=O)(=O)N2CC[C@@H](C(=O)O)C2)ccc1F. The van der Waals surface area contributed by atoms with Crippen molar-refractivity contribution >= 4 is 16.0 Å². The third-order valence-electron chi connectivity index (χ3n) is 3.20. The second kappa shape index (κ2) is 5.19. The lowest BCUT2D eigenvalue weighted by molar-refractivity contribution is -0.141. The quantitative estimate of drug-likeness (QED) is 0.889. The van der Waals surface area contributed by atoms with Gasteiger partial charge < -0.3 is 5.11 Å². The molecule has 1 atom stereocenters. The molecule has 0 bridgehead atoms. The number of hydrogen-bond donors (Lipinski definition) is 1. The van der Waals surface area contributed by atoms with Gasteiger partial charge in [0.05, 0.1) is 16.4 Å². The van der Waals surface area contributed by atoms with E-state index >= 15 is 0 Å². The molecule has 106 valence electrons. The van der Waals surface area contributed by atoms with Gasteiger partial charge in [0.15, 0.2) is 0 Å². The summed E-state index contributed by atoms with van der Waals surface area (Å²) in [4.78, 5) is 10.6. The molecular formula is C12H11FN2O4S. The van der Waals surface area contributed by atoms with Crippen LogP contribution in [0.15, 0.2) is 23.1 Å². The van der Waals surface area contributed by atoms with Crippen molar-refractivity contribution in [2.24, 2.45) is 5.92 Å². The Labute approximate surface area is 115 Å². The van der Waals surface area contributed by atoms with Crippen molar-refractivity contribution in [1.29, 1.82) is 5.26 Å². The molecule has 1 aliphatic rings. The number of halogens is 1. The van der Waals surface area contributed by atoms with Crippen LogP contribution in [0.3, 0.4) is 0 Å². The van der Waals surface area contributed by atoms with E-state index in [4.69, 9.17) is 10.4 Å². The van der Waals surface area contributed by atoms with Crippen LogP contribution in [0.5, 0.6) is 0 Å². The molecule has 2 rings (SSSR count). The van der Waals surface area contributed by atoms with Gasteiger partial charge in [-0.15, -0.1) is 0 Å². The van der Waals surface area contributed by atoms with Gasteiger partial charge in [-0.2, -0.15) is 9.57 Å². The van der Waals surface area contributed by atoms with E-state index in [1.807, 2.05) is 0 Å². The number of nitriles is 1. The number of carbonyl (C=O) groups is 1. The maximum Gasteiger partial charge on any atom is 0.307 e. The summed E-state index contributed by atoms with van der Waals surface area (Å²) in [7, 11) is -3.90. The van der Waals surface area contributed by atoms with Gasteiger partial charge >= 0.3 is 5.97 Å². The Hall–Kier alpha value is -1.98. The predicted octanol–water partition coefficient (Wildman–Crippen LogP) is 0.793. The van der Waals surface area contributed by atoms with Crippen molar-refractivity contribution in [2.75, 3.05) is 13.1 Å². The lowest BCUT2D eigenvalue weighted by Gasteiger charge is -2.16. The lowest BCUT2D eigenvalue weighted by atomic mass is 10.1. The molecule has 1 aromatic rings. The van der Waals surface area contributed by atoms with Crippen LogP contribution in [0.1, 0.15) is 12.0 Å². The summed E-state index contributed by atoms with van der Waals surface area (Å²) in [6, 6.07) is 4.51. The fourth-order valence-electron chi connectivity index (χ4n) is 2.05. The van der Waals surface area contributed by atoms with Crippen LogP contribution < -0.4 is 0 Å². The van der Waals surface area contributed by atoms with Crippen LogP contribution in [0.25, 0.3) is 0 Å². The third-order valence-corrected chi connectivity index (χ3v) is 5.06. The van der Waals surface area contributed by atoms with Gasteiger partial charge in [0.2, 0.25) is 10.0 Å². The molecule has 6 nitrogen and oxygen atoms in total. The number of benzene rings is 1. The van der Waals surface area contributed by atoms with Crippen LogP contribution in [0.4, 0.5) is 4.39 Å². The van der Waals surface area contributed by atoms with E-state index in [0.717, 1.165) is 22.5 Å². The van der Waals surface area contributed by atoms with Gasteiger partial charge in [0, 0.05) is 13.1 Å². The molecule has 0 spiro atoms. The second-order valence-corrected chi connectivity index (χ2v) is 6.38. The predicted molar refractivity (Wildman–Crippen MR) is 65.6 cm³/mol. The molecule has 0 saturated carbocycles. The number of carboxylic acid groups (broad SMARTS) is 1. The van der Waals surface area contributed by atoms with Crippen LogP contribution >= 0.6 is 0 Å². The molecule has 0 radical (unpaired) electrons. The Morgan fingerprint density at radius 2 is 2.20 bits per heavy atom. The molecule has 0 amide bonds. The van der Waals surface area contributed by atoms with Crippen molar-refractivity contribution in [2.45, 2.75) is 11.3 Å². The maximum absolute atomic E-state index is 13.2. The van der Waals surface area contributed by atoms with E-state index in [0.29, 0.717) is 0 Å². The molecular weight excluding hydrogens is 287 g/mol. The number of nitrogens with zero attached hydrogens (tertiary/aromatic N) is 2. The average molecular weight is 298 g/mol. The highest BCUT2D eigenvalue weighted by Gasteiger charge is 2.35. The molecule has 1 fully saturated rings. The lowest BCUT2D eigenvalue weighted by Crippen LogP contribution is -2.30. The first-order valence-electron chi connectivity index (χ1n) is 5.79. The van der Waals surface area contributed by atoms with E-state index in [1.54, 1.807) is 6.07 Å². The number of rotatable bonds is 3. The zero-order valence-corrected chi connectivity index (χ0v) is 11.1. The van der Waals surface area contributed by atoms with Gasteiger partial charge in [-0.05, 0) is 24.6 Å². The summed E-state index contributed by atoms with van der Waals surface area (Å²) in [5, 5.41) is 17.6. The van der Waals surface area contributed by atoms with Gasteiger partial charge in [0.25, 0.3) is 0 Å². The van der Waals surface area contributed by atoms with Crippen molar-refractivity contribution < 1.29 is 22.7 Å². The highest BCUT2D eigenvalue weighted by Crippen LogP contribution is 2.25. The first-order valence-corrected chi connectivity index (χ1v) is 7.23. The van der Waals surface area contributed by atoms with E-state index in [-0.39, 0.29) is 30.0 Å². The summed E-state index contributed by atoms with van der Waals surface area (Å²) < 4.78 is 38.8. The Kier molecular flexibility index (Phi) is 3.74. The molecule has 0 aromatic heterocycles. The maximum atomic E-state index is 13.2. The monoisotopic (exact) mass is 298 g/mol. The molecule has 8 heteroatoms. The first kappa shape index (κ1) is 14.4. The Morgan fingerprint density at radius 3 is 2.75 bits per heavy atom. The zero-order chi connectivity index (χ0) is 14.9. The smallest absolute Gasteiger partial charge is 0.307 e. The molecule has 1 saturated heterocycles. The van der Waals surface area contributed by atoms with E-state index in [1.165, 1.54) is 0 Å².